The summed E-state index contributed by atoms with van der Waals surface area (Å²) in [4.78, 5) is 0. The monoisotopic (exact) mass is 384 g/mol. The Morgan fingerprint density at radius 2 is 1.93 bits per heavy atom. The molecule has 0 saturated heterocycles. The van der Waals surface area contributed by atoms with Crippen LogP contribution in [0.2, 0.25) is 0 Å². The summed E-state index contributed by atoms with van der Waals surface area (Å²) >= 11 is 0. The Kier molecular flexibility index (Phi) is 5.84. The number of hydrogen-bond donors (Lipinski definition) is 2. The molecule has 2 aromatic rings. The van der Waals surface area contributed by atoms with Gasteiger partial charge >= 0.3 is 0 Å². The zero-order chi connectivity index (χ0) is 20.3. The third kappa shape index (κ3) is 3.79. The molecule has 0 aromatic heterocycles. The molecule has 3 rings (SSSR count). The van der Waals surface area contributed by atoms with E-state index in [9.17, 15) is 19.1 Å². The molecule has 0 radical (unpaired) electrons. The molecule has 1 aliphatic rings. The molecule has 1 atom stereocenters. The van der Waals surface area contributed by atoms with Crippen LogP contribution in [0.4, 0.5) is 8.78 Å². The largest absolute Gasteiger partial charge is 0.508 e. The molecular weight excluding hydrogens is 362 g/mol. The van der Waals surface area contributed by atoms with Crippen molar-refractivity contribution in [2.75, 3.05) is 0 Å². The van der Waals surface area contributed by atoms with Crippen molar-refractivity contribution in [2.24, 2.45) is 5.73 Å². The van der Waals surface area contributed by atoms with Gasteiger partial charge in [-0.15, -0.1) is 0 Å². The van der Waals surface area contributed by atoms with E-state index in [0.717, 1.165) is 43.4 Å². The highest BCUT2D eigenvalue weighted by atomic mass is 19.2. The molecule has 0 fully saturated rings. The highest BCUT2D eigenvalue weighted by Gasteiger charge is 2.32. The Balaban J connectivity index is 2.06. The van der Waals surface area contributed by atoms with Gasteiger partial charge in [-0.2, -0.15) is 5.26 Å². The predicted molar refractivity (Wildman–Crippen MR) is 102 cm³/mol. The zero-order valence-corrected chi connectivity index (χ0v) is 15.6. The van der Waals surface area contributed by atoms with Crippen LogP contribution in [0.25, 0.3) is 0 Å². The topological polar surface area (TPSA) is 79.3 Å². The third-order valence-electron chi connectivity index (χ3n) is 4.99. The summed E-state index contributed by atoms with van der Waals surface area (Å²) in [7, 11) is 0. The number of nitriles is 1. The van der Waals surface area contributed by atoms with Crippen molar-refractivity contribution in [2.45, 2.75) is 44.9 Å². The number of hydrogen-bond acceptors (Lipinski definition) is 4. The van der Waals surface area contributed by atoms with Crippen molar-refractivity contribution in [3.05, 3.63) is 70.1 Å². The minimum Gasteiger partial charge on any atom is -0.508 e. The number of ether oxygens (including phenoxy) is 1. The molecule has 4 nitrogen and oxygen atoms in total. The Hall–Kier alpha value is -3.07. The number of rotatable bonds is 6. The highest BCUT2D eigenvalue weighted by molar-refractivity contribution is 5.59. The molecule has 6 heteroatoms. The summed E-state index contributed by atoms with van der Waals surface area (Å²) in [6.45, 7) is 2.13. The number of aromatic hydroxyl groups is 1. The van der Waals surface area contributed by atoms with Crippen LogP contribution >= 0.6 is 0 Å². The van der Waals surface area contributed by atoms with Gasteiger partial charge in [-0.25, -0.2) is 8.78 Å². The average molecular weight is 384 g/mol. The van der Waals surface area contributed by atoms with Gasteiger partial charge in [-0.05, 0) is 42.2 Å². The van der Waals surface area contributed by atoms with E-state index in [1.165, 1.54) is 12.1 Å². The summed E-state index contributed by atoms with van der Waals surface area (Å²) in [5, 5.41) is 19.9. The normalized spacial score (nSPS) is 15.7. The number of halogens is 2. The molecule has 0 saturated carbocycles. The number of unbranched alkanes of at least 4 members (excludes halogenated alkanes) is 3. The van der Waals surface area contributed by atoms with E-state index in [1.54, 1.807) is 6.07 Å². The number of benzene rings is 2. The summed E-state index contributed by atoms with van der Waals surface area (Å²) in [6, 6.07) is 8.78. The number of fused-ring (bicyclic) bond motifs is 1. The number of nitrogens with two attached hydrogens (primary N) is 1. The van der Waals surface area contributed by atoms with Crippen LogP contribution < -0.4 is 10.5 Å². The molecule has 0 aliphatic carbocycles. The Morgan fingerprint density at radius 1 is 1.14 bits per heavy atom. The van der Waals surface area contributed by atoms with Crippen molar-refractivity contribution < 1.29 is 18.6 Å². The molecule has 0 amide bonds. The number of phenolic OH excluding ortho intramolecular Hbond substituents is 1. The molecule has 0 unspecified atom stereocenters. The summed E-state index contributed by atoms with van der Waals surface area (Å²) in [5.41, 5.74) is 7.73. The highest BCUT2D eigenvalue weighted by Crippen LogP contribution is 2.44. The smallest absolute Gasteiger partial charge is 0.205 e. The lowest BCUT2D eigenvalue weighted by Gasteiger charge is -2.27. The SMILES string of the molecule is CCCCCCc1cc2c(cc1O)OC(N)=C(C#N)[C@@H]2c1ccc(F)c(F)c1. The van der Waals surface area contributed by atoms with Gasteiger partial charge in [-0.1, -0.05) is 32.3 Å². The van der Waals surface area contributed by atoms with Gasteiger partial charge in [-0.3, -0.25) is 0 Å². The van der Waals surface area contributed by atoms with Gasteiger partial charge in [0.05, 0.1) is 5.92 Å². The Labute approximate surface area is 162 Å². The Bertz CT molecular complexity index is 964. The van der Waals surface area contributed by atoms with Gasteiger partial charge in [0.25, 0.3) is 0 Å². The van der Waals surface area contributed by atoms with Crippen LogP contribution in [-0.4, -0.2) is 5.11 Å². The van der Waals surface area contributed by atoms with E-state index < -0.39 is 17.6 Å². The number of allylic oxidation sites excluding steroid dienone is 1. The van der Waals surface area contributed by atoms with E-state index in [2.05, 4.69) is 6.92 Å². The van der Waals surface area contributed by atoms with Crippen molar-refractivity contribution in [1.29, 1.82) is 5.26 Å². The molecule has 3 N–H and O–H groups in total. The maximum Gasteiger partial charge on any atom is 0.205 e. The molecule has 28 heavy (non-hydrogen) atoms. The molecule has 2 aromatic carbocycles. The van der Waals surface area contributed by atoms with E-state index >= 15 is 0 Å². The Morgan fingerprint density at radius 3 is 2.61 bits per heavy atom. The maximum atomic E-state index is 13.8. The fourth-order valence-corrected chi connectivity index (χ4v) is 3.52. The molecular formula is C22H22F2N2O2. The second kappa shape index (κ2) is 8.30. The zero-order valence-electron chi connectivity index (χ0n) is 15.6. The fraction of sp³-hybridized carbons (Fsp3) is 0.318. The minimum absolute atomic E-state index is 0.0903. The summed E-state index contributed by atoms with van der Waals surface area (Å²) < 4.78 is 32.8. The first-order valence-corrected chi connectivity index (χ1v) is 9.34. The third-order valence-corrected chi connectivity index (χ3v) is 4.99. The van der Waals surface area contributed by atoms with Gasteiger partial charge in [0.15, 0.2) is 11.6 Å². The first-order valence-electron chi connectivity index (χ1n) is 9.34. The number of nitrogens with zero attached hydrogens (tertiary/aromatic N) is 1. The lowest BCUT2D eigenvalue weighted by Crippen LogP contribution is -2.21. The molecule has 0 bridgehead atoms. The lowest BCUT2D eigenvalue weighted by atomic mass is 9.82. The molecule has 0 spiro atoms. The predicted octanol–water partition coefficient (Wildman–Crippen LogP) is 5.01. The first kappa shape index (κ1) is 19.7. The second-order valence-electron chi connectivity index (χ2n) is 6.93. The van der Waals surface area contributed by atoms with Crippen molar-refractivity contribution >= 4 is 0 Å². The van der Waals surface area contributed by atoms with E-state index in [4.69, 9.17) is 10.5 Å². The van der Waals surface area contributed by atoms with Crippen molar-refractivity contribution in [3.63, 3.8) is 0 Å². The van der Waals surface area contributed by atoms with Crippen LogP contribution in [-0.2, 0) is 6.42 Å². The number of aryl methyl sites for hydroxylation is 1. The maximum absolute atomic E-state index is 13.8. The van der Waals surface area contributed by atoms with E-state index in [0.29, 0.717) is 23.3 Å². The van der Waals surface area contributed by atoms with Gasteiger partial charge in [0.1, 0.15) is 23.1 Å². The van der Waals surface area contributed by atoms with Crippen LogP contribution in [0, 0.1) is 23.0 Å². The first-order chi connectivity index (χ1) is 13.5. The van der Waals surface area contributed by atoms with Gasteiger partial charge in [0.2, 0.25) is 5.88 Å². The standard InChI is InChI=1S/C22H22F2N2O2/c1-2-3-4-5-6-13-9-15-20(11-19(13)27)28-22(26)16(12-25)21(15)14-7-8-17(23)18(24)10-14/h7-11,21,27H,2-6,26H2,1H3/t21-/m1/s1. The quantitative estimate of drug-likeness (QED) is 0.686. The second-order valence-corrected chi connectivity index (χ2v) is 6.93. The van der Waals surface area contributed by atoms with E-state index in [1.807, 2.05) is 6.07 Å². The molecule has 146 valence electrons. The van der Waals surface area contributed by atoms with Crippen molar-refractivity contribution in [3.8, 4) is 17.6 Å². The summed E-state index contributed by atoms with van der Waals surface area (Å²) in [6.07, 6.45) is 4.86. The van der Waals surface area contributed by atoms with Gasteiger partial charge < -0.3 is 15.6 Å². The summed E-state index contributed by atoms with van der Waals surface area (Å²) in [5.74, 6) is -2.37. The van der Waals surface area contributed by atoms with Gasteiger partial charge in [0, 0.05) is 11.6 Å². The fourth-order valence-electron chi connectivity index (χ4n) is 3.52. The van der Waals surface area contributed by atoms with E-state index in [-0.39, 0.29) is 17.2 Å². The number of phenols is 1. The minimum atomic E-state index is -1.00. The van der Waals surface area contributed by atoms with Crippen LogP contribution in [0.15, 0.2) is 41.8 Å². The van der Waals surface area contributed by atoms with Crippen LogP contribution in [0.3, 0.4) is 0 Å². The lowest BCUT2D eigenvalue weighted by molar-refractivity contribution is 0.386. The average Bonchev–Trinajstić information content (AvgIpc) is 2.67. The van der Waals surface area contributed by atoms with Crippen molar-refractivity contribution in [1.82, 2.24) is 0 Å². The van der Waals surface area contributed by atoms with Crippen LogP contribution in [0.5, 0.6) is 11.5 Å². The van der Waals surface area contributed by atoms with Crippen LogP contribution in [0.1, 0.15) is 55.2 Å². The molecule has 1 aliphatic heterocycles. The molecule has 1 heterocycles.